The molecular formula is C12H11N2O. The van der Waals surface area contributed by atoms with Gasteiger partial charge < -0.3 is 5.32 Å². The molecule has 0 fully saturated rings. The SMILES string of the molecule is C[C@@H]([C]=O)Nc1nccc2ccccc12. The Hall–Kier alpha value is -1.90. The molecule has 3 nitrogen and oxygen atoms in total. The maximum atomic E-state index is 10.4. The summed E-state index contributed by atoms with van der Waals surface area (Å²) in [4.78, 5) is 14.6. The summed E-state index contributed by atoms with van der Waals surface area (Å²) in [6, 6.07) is 9.50. The van der Waals surface area contributed by atoms with Gasteiger partial charge in [-0.1, -0.05) is 24.3 Å². The standard InChI is InChI=1S/C12H11N2O/c1-9(8-15)14-12-11-5-3-2-4-10(11)6-7-13-12/h2-7,9H,1H3,(H,13,14)/t9-/m0/s1. The van der Waals surface area contributed by atoms with Gasteiger partial charge in [0.25, 0.3) is 0 Å². The third kappa shape index (κ3) is 1.96. The number of nitrogens with zero attached hydrogens (tertiary/aromatic N) is 1. The number of pyridine rings is 1. The lowest BCUT2D eigenvalue weighted by atomic mass is 10.1. The number of hydrogen-bond donors (Lipinski definition) is 1. The molecule has 2 rings (SSSR count). The second-order valence-corrected chi connectivity index (χ2v) is 3.36. The molecule has 15 heavy (non-hydrogen) atoms. The highest BCUT2D eigenvalue weighted by atomic mass is 16.1. The third-order valence-electron chi connectivity index (χ3n) is 2.20. The van der Waals surface area contributed by atoms with Gasteiger partial charge in [0.05, 0.1) is 6.04 Å². The molecule has 1 radical (unpaired) electrons. The predicted molar refractivity (Wildman–Crippen MR) is 60.5 cm³/mol. The van der Waals surface area contributed by atoms with Crippen molar-refractivity contribution in [3.05, 3.63) is 36.5 Å². The zero-order valence-corrected chi connectivity index (χ0v) is 8.40. The smallest absolute Gasteiger partial charge is 0.222 e. The first-order valence-corrected chi connectivity index (χ1v) is 4.79. The molecule has 2 aromatic rings. The van der Waals surface area contributed by atoms with E-state index in [1.54, 1.807) is 13.1 Å². The molecular weight excluding hydrogens is 188 g/mol. The van der Waals surface area contributed by atoms with Crippen molar-refractivity contribution in [3.8, 4) is 0 Å². The predicted octanol–water partition coefficient (Wildman–Crippen LogP) is 2.14. The van der Waals surface area contributed by atoms with Crippen LogP contribution < -0.4 is 5.32 Å². The van der Waals surface area contributed by atoms with Gasteiger partial charge in [0.1, 0.15) is 5.82 Å². The Balaban J connectivity index is 2.46. The minimum Gasteiger partial charge on any atom is -0.360 e. The summed E-state index contributed by atoms with van der Waals surface area (Å²) < 4.78 is 0. The molecule has 0 unspecified atom stereocenters. The molecule has 1 atom stereocenters. The van der Waals surface area contributed by atoms with Crippen molar-refractivity contribution in [1.29, 1.82) is 0 Å². The van der Waals surface area contributed by atoms with Gasteiger partial charge in [-0.15, -0.1) is 0 Å². The molecule has 1 aromatic carbocycles. The van der Waals surface area contributed by atoms with Crippen molar-refractivity contribution >= 4 is 22.9 Å². The van der Waals surface area contributed by atoms with E-state index in [1.807, 2.05) is 36.6 Å². The number of hydrogen-bond acceptors (Lipinski definition) is 3. The summed E-state index contributed by atoms with van der Waals surface area (Å²) >= 11 is 0. The molecule has 0 amide bonds. The highest BCUT2D eigenvalue weighted by molar-refractivity contribution is 5.92. The van der Waals surface area contributed by atoms with Gasteiger partial charge in [-0.25, -0.2) is 4.98 Å². The third-order valence-corrected chi connectivity index (χ3v) is 2.20. The Morgan fingerprint density at radius 1 is 1.33 bits per heavy atom. The monoisotopic (exact) mass is 199 g/mol. The average molecular weight is 199 g/mol. The molecule has 0 bridgehead atoms. The number of carbonyl (C=O) groups excluding carboxylic acids is 1. The fourth-order valence-corrected chi connectivity index (χ4v) is 1.47. The summed E-state index contributed by atoms with van der Waals surface area (Å²) in [6.45, 7) is 1.75. The summed E-state index contributed by atoms with van der Waals surface area (Å²) in [5.41, 5.74) is 0. The lowest BCUT2D eigenvalue weighted by molar-refractivity contribution is 0.549. The highest BCUT2D eigenvalue weighted by Crippen LogP contribution is 2.20. The van der Waals surface area contributed by atoms with Crippen LogP contribution in [0.4, 0.5) is 5.82 Å². The lowest BCUT2D eigenvalue weighted by Gasteiger charge is -2.09. The first-order valence-electron chi connectivity index (χ1n) is 4.79. The quantitative estimate of drug-likeness (QED) is 0.823. The normalized spacial score (nSPS) is 12.3. The Labute approximate surface area is 88.1 Å². The fourth-order valence-electron chi connectivity index (χ4n) is 1.47. The molecule has 1 N–H and O–H groups in total. The lowest BCUT2D eigenvalue weighted by Crippen LogP contribution is -2.17. The molecule has 0 saturated carbocycles. The molecule has 3 heteroatoms. The average Bonchev–Trinajstić information content (AvgIpc) is 2.29. The van der Waals surface area contributed by atoms with Crippen molar-refractivity contribution in [3.63, 3.8) is 0 Å². The van der Waals surface area contributed by atoms with Crippen molar-refractivity contribution in [2.24, 2.45) is 0 Å². The number of benzene rings is 1. The highest BCUT2D eigenvalue weighted by Gasteiger charge is 2.04. The zero-order chi connectivity index (χ0) is 10.7. The van der Waals surface area contributed by atoms with E-state index in [2.05, 4.69) is 10.3 Å². The number of fused-ring (bicyclic) bond motifs is 1. The Kier molecular flexibility index (Phi) is 2.63. The van der Waals surface area contributed by atoms with Gasteiger partial charge in [0.15, 0.2) is 0 Å². The molecule has 0 saturated heterocycles. The van der Waals surface area contributed by atoms with Crippen LogP contribution in [0.25, 0.3) is 10.8 Å². The van der Waals surface area contributed by atoms with E-state index in [0.29, 0.717) is 0 Å². The van der Waals surface area contributed by atoms with E-state index in [1.165, 1.54) is 0 Å². The summed E-state index contributed by atoms with van der Waals surface area (Å²) in [7, 11) is 0. The van der Waals surface area contributed by atoms with Crippen LogP contribution in [0.5, 0.6) is 0 Å². The molecule has 1 heterocycles. The first kappa shape index (κ1) is 9.65. The second kappa shape index (κ2) is 4.09. The van der Waals surface area contributed by atoms with Crippen LogP contribution >= 0.6 is 0 Å². The van der Waals surface area contributed by atoms with Gasteiger partial charge in [0.2, 0.25) is 6.29 Å². The number of rotatable bonds is 3. The van der Waals surface area contributed by atoms with E-state index in [9.17, 15) is 4.79 Å². The molecule has 0 aliphatic carbocycles. The Morgan fingerprint density at radius 3 is 2.93 bits per heavy atom. The number of nitrogens with one attached hydrogen (secondary N) is 1. The van der Waals surface area contributed by atoms with Gasteiger partial charge in [0, 0.05) is 11.6 Å². The van der Waals surface area contributed by atoms with E-state index < -0.39 is 0 Å². The summed E-state index contributed by atoms with van der Waals surface area (Å²) in [6.07, 6.45) is 3.60. The Bertz CT molecular complexity index is 477. The van der Waals surface area contributed by atoms with Gasteiger partial charge in [-0.05, 0) is 18.4 Å². The van der Waals surface area contributed by atoms with E-state index in [-0.39, 0.29) is 6.04 Å². The first-order chi connectivity index (χ1) is 7.31. The topological polar surface area (TPSA) is 42.0 Å². The maximum Gasteiger partial charge on any atom is 0.222 e. The van der Waals surface area contributed by atoms with Crippen LogP contribution in [-0.4, -0.2) is 17.3 Å². The van der Waals surface area contributed by atoms with Crippen LogP contribution in [-0.2, 0) is 4.79 Å². The van der Waals surface area contributed by atoms with Crippen LogP contribution in [0.1, 0.15) is 6.92 Å². The van der Waals surface area contributed by atoms with E-state index >= 15 is 0 Å². The minimum absolute atomic E-state index is 0.344. The van der Waals surface area contributed by atoms with Gasteiger partial charge >= 0.3 is 0 Å². The van der Waals surface area contributed by atoms with Crippen LogP contribution in [0.2, 0.25) is 0 Å². The van der Waals surface area contributed by atoms with Crippen LogP contribution in [0.3, 0.4) is 0 Å². The van der Waals surface area contributed by atoms with Crippen molar-refractivity contribution in [2.75, 3.05) is 5.32 Å². The number of anilines is 1. The Morgan fingerprint density at radius 2 is 2.13 bits per heavy atom. The summed E-state index contributed by atoms with van der Waals surface area (Å²) in [5.74, 6) is 0.726. The summed E-state index contributed by atoms with van der Waals surface area (Å²) in [5, 5.41) is 5.12. The zero-order valence-electron chi connectivity index (χ0n) is 8.40. The fraction of sp³-hybridized carbons (Fsp3) is 0.167. The molecule has 0 aliphatic heterocycles. The molecule has 0 aliphatic rings. The largest absolute Gasteiger partial charge is 0.360 e. The number of aromatic nitrogens is 1. The van der Waals surface area contributed by atoms with Crippen molar-refractivity contribution in [2.45, 2.75) is 13.0 Å². The second-order valence-electron chi connectivity index (χ2n) is 3.36. The van der Waals surface area contributed by atoms with Gasteiger partial charge in [-0.2, -0.15) is 0 Å². The molecule has 75 valence electrons. The van der Waals surface area contributed by atoms with Crippen molar-refractivity contribution in [1.82, 2.24) is 4.98 Å². The van der Waals surface area contributed by atoms with Gasteiger partial charge in [-0.3, -0.25) is 4.79 Å². The molecule has 0 spiro atoms. The van der Waals surface area contributed by atoms with Crippen LogP contribution in [0, 0.1) is 0 Å². The van der Waals surface area contributed by atoms with E-state index in [4.69, 9.17) is 0 Å². The minimum atomic E-state index is -0.344. The maximum absolute atomic E-state index is 10.4. The van der Waals surface area contributed by atoms with Crippen LogP contribution in [0.15, 0.2) is 36.5 Å². The van der Waals surface area contributed by atoms with E-state index in [0.717, 1.165) is 16.6 Å². The van der Waals surface area contributed by atoms with Crippen molar-refractivity contribution < 1.29 is 4.79 Å². The molecule has 1 aromatic heterocycles.